The summed E-state index contributed by atoms with van der Waals surface area (Å²) >= 11 is 5.98. The SMILES string of the molecule is CCS(=O)(=O)c1nc2ccccn2c1S(=O)(=O)NC(=O)Nc1nc(OC)cc(OC)n1.O=C(O)COc1ccc(Cl)c2cccnc12. The minimum atomic E-state index is -4.68. The van der Waals surface area contributed by atoms with Gasteiger partial charge in [-0.25, -0.2) is 27.7 Å². The van der Waals surface area contributed by atoms with Crippen molar-refractivity contribution in [3.05, 3.63) is 65.9 Å². The first-order valence-electron chi connectivity index (χ1n) is 13.2. The number of anilines is 1. The number of pyridine rings is 2. The van der Waals surface area contributed by atoms with Crippen LogP contribution >= 0.6 is 11.6 Å². The molecule has 0 aliphatic rings. The van der Waals surface area contributed by atoms with Crippen LogP contribution in [0.15, 0.2) is 71.0 Å². The number of aromatic nitrogens is 5. The second-order valence-electron chi connectivity index (χ2n) is 9.02. The molecule has 0 spiro atoms. The van der Waals surface area contributed by atoms with E-state index in [1.807, 2.05) is 0 Å². The van der Waals surface area contributed by atoms with Gasteiger partial charge in [0.15, 0.2) is 26.5 Å². The van der Waals surface area contributed by atoms with Gasteiger partial charge in [-0.15, -0.1) is 0 Å². The molecule has 5 aromatic rings. The molecular formula is C27H26ClN7O10S2. The Hall–Kier alpha value is -5.27. The molecule has 0 saturated heterocycles. The number of urea groups is 1. The maximum atomic E-state index is 13.0. The minimum Gasteiger partial charge on any atom is -0.481 e. The molecule has 3 N–H and O–H groups in total. The van der Waals surface area contributed by atoms with E-state index in [1.165, 1.54) is 45.5 Å². The van der Waals surface area contributed by atoms with Crippen LogP contribution in [0.5, 0.6) is 17.5 Å². The van der Waals surface area contributed by atoms with Gasteiger partial charge in [0, 0.05) is 17.8 Å². The predicted octanol–water partition coefficient (Wildman–Crippen LogP) is 2.80. The van der Waals surface area contributed by atoms with Gasteiger partial charge < -0.3 is 19.3 Å². The standard InChI is InChI=1S/C16H18N6O7S2.C11H8ClNO3/c1-4-30(24,25)13-14(22-8-6-5-7-10(22)17-13)31(26,27)21-16(23)20-15-18-11(28-2)9-12(19-15)29-3;12-8-3-4-9(16-6-10(14)15)11-7(8)2-1-5-13-11/h5-9H,4H2,1-3H3,(H2,18,19,20,21,23);1-5H,6H2,(H,14,15). The first-order valence-corrected chi connectivity index (χ1v) is 16.7. The number of carbonyl (C=O) groups is 2. The number of hydrogen-bond acceptors (Lipinski definition) is 13. The lowest BCUT2D eigenvalue weighted by molar-refractivity contribution is -0.139. The number of aliphatic carboxylic acids is 1. The Bertz CT molecular complexity index is 2160. The second kappa shape index (κ2) is 14.4. The fraction of sp³-hybridized carbons (Fsp3) is 0.185. The average molecular weight is 708 g/mol. The number of sulfonamides is 1. The van der Waals surface area contributed by atoms with Crippen molar-refractivity contribution in [3.63, 3.8) is 0 Å². The molecular weight excluding hydrogens is 682 g/mol. The summed E-state index contributed by atoms with van der Waals surface area (Å²) in [6.07, 6.45) is 2.92. The number of methoxy groups -OCH3 is 2. The third-order valence-corrected chi connectivity index (χ3v) is 9.41. The molecule has 2 amide bonds. The number of nitrogens with one attached hydrogen (secondary N) is 2. The molecule has 4 aromatic heterocycles. The number of fused-ring (bicyclic) bond motifs is 2. The number of amides is 2. The summed E-state index contributed by atoms with van der Waals surface area (Å²) in [5, 5.41) is 10.6. The molecule has 0 aliphatic carbocycles. The molecule has 47 heavy (non-hydrogen) atoms. The highest BCUT2D eigenvalue weighted by atomic mass is 35.5. The Morgan fingerprint density at radius 2 is 1.68 bits per heavy atom. The number of halogens is 1. The van der Waals surface area contributed by atoms with Gasteiger partial charge in [0.2, 0.25) is 17.7 Å². The van der Waals surface area contributed by atoms with Crippen molar-refractivity contribution in [3.8, 4) is 17.5 Å². The van der Waals surface area contributed by atoms with Crippen molar-refractivity contribution in [2.75, 3.05) is 31.9 Å². The maximum absolute atomic E-state index is 13.0. The van der Waals surface area contributed by atoms with Crippen molar-refractivity contribution in [2.45, 2.75) is 17.0 Å². The number of carboxylic acid groups (broad SMARTS) is 1. The zero-order chi connectivity index (χ0) is 34.4. The maximum Gasteiger partial charge on any atom is 0.341 e. The summed E-state index contributed by atoms with van der Waals surface area (Å²) < 4.78 is 68.6. The lowest BCUT2D eigenvalue weighted by Gasteiger charge is -2.10. The molecule has 20 heteroatoms. The van der Waals surface area contributed by atoms with Crippen LogP contribution in [0.25, 0.3) is 16.6 Å². The van der Waals surface area contributed by atoms with Crippen LogP contribution in [0.1, 0.15) is 6.92 Å². The van der Waals surface area contributed by atoms with Crippen LogP contribution in [0.3, 0.4) is 0 Å². The van der Waals surface area contributed by atoms with E-state index in [9.17, 15) is 26.4 Å². The molecule has 5 rings (SSSR count). The number of benzene rings is 1. The van der Waals surface area contributed by atoms with Gasteiger partial charge in [-0.2, -0.15) is 18.4 Å². The largest absolute Gasteiger partial charge is 0.481 e. The van der Waals surface area contributed by atoms with Crippen molar-refractivity contribution in [2.24, 2.45) is 0 Å². The highest BCUT2D eigenvalue weighted by molar-refractivity contribution is 7.93. The third kappa shape index (κ3) is 8.12. The van der Waals surface area contributed by atoms with Crippen LogP contribution in [-0.2, 0) is 24.7 Å². The summed E-state index contributed by atoms with van der Waals surface area (Å²) in [5.74, 6) is -1.18. The van der Waals surface area contributed by atoms with E-state index < -0.39 is 48.5 Å². The Labute approximate surface area is 272 Å². The lowest BCUT2D eigenvalue weighted by Crippen LogP contribution is -2.36. The van der Waals surface area contributed by atoms with Gasteiger partial charge in [-0.05, 0) is 36.4 Å². The number of carbonyl (C=O) groups excluding carboxylic acids is 1. The number of nitrogens with zero attached hydrogens (tertiary/aromatic N) is 5. The fourth-order valence-corrected chi connectivity index (χ4v) is 6.75. The van der Waals surface area contributed by atoms with E-state index in [0.717, 1.165) is 9.79 Å². The molecule has 248 valence electrons. The van der Waals surface area contributed by atoms with Gasteiger partial charge in [0.25, 0.3) is 10.0 Å². The van der Waals surface area contributed by atoms with Crippen molar-refractivity contribution >= 4 is 66.0 Å². The van der Waals surface area contributed by atoms with Crippen LogP contribution in [-0.4, -0.2) is 84.9 Å². The van der Waals surface area contributed by atoms with Crippen LogP contribution in [0.4, 0.5) is 10.7 Å². The van der Waals surface area contributed by atoms with Crippen molar-refractivity contribution < 1.29 is 45.7 Å². The zero-order valence-electron chi connectivity index (χ0n) is 24.7. The molecule has 0 atom stereocenters. The molecule has 0 aliphatic heterocycles. The lowest BCUT2D eigenvalue weighted by atomic mass is 10.2. The van der Waals surface area contributed by atoms with E-state index >= 15 is 0 Å². The normalized spacial score (nSPS) is 11.3. The summed E-state index contributed by atoms with van der Waals surface area (Å²) in [4.78, 5) is 38.5. The van der Waals surface area contributed by atoms with Gasteiger partial charge in [-0.3, -0.25) is 14.7 Å². The molecule has 0 fully saturated rings. The molecule has 17 nitrogen and oxygen atoms in total. The predicted molar refractivity (Wildman–Crippen MR) is 167 cm³/mol. The first-order chi connectivity index (χ1) is 22.3. The Kier molecular flexibility index (Phi) is 10.6. The first kappa shape index (κ1) is 34.6. The van der Waals surface area contributed by atoms with E-state index in [2.05, 4.69) is 25.3 Å². The number of rotatable bonds is 10. The fourth-order valence-electron chi connectivity index (χ4n) is 3.87. The second-order valence-corrected chi connectivity index (χ2v) is 13.2. The number of hydrogen-bond donors (Lipinski definition) is 3. The van der Waals surface area contributed by atoms with Crippen molar-refractivity contribution in [1.82, 2.24) is 29.1 Å². The number of ether oxygens (including phenoxy) is 3. The monoisotopic (exact) mass is 707 g/mol. The van der Waals surface area contributed by atoms with Gasteiger partial charge in [0.05, 0.1) is 31.1 Å². The minimum absolute atomic E-state index is 0.0584. The summed E-state index contributed by atoms with van der Waals surface area (Å²) in [7, 11) is -6.04. The Morgan fingerprint density at radius 3 is 2.32 bits per heavy atom. The topological polar surface area (TPSA) is 230 Å². The van der Waals surface area contributed by atoms with Gasteiger partial charge >= 0.3 is 12.0 Å². The Balaban J connectivity index is 0.000000261. The molecule has 0 saturated carbocycles. The molecule has 0 unspecified atom stereocenters. The highest BCUT2D eigenvalue weighted by Crippen LogP contribution is 2.29. The number of imidazole rings is 1. The van der Waals surface area contributed by atoms with Crippen LogP contribution in [0, 0.1) is 0 Å². The number of carboxylic acids is 1. The summed E-state index contributed by atoms with van der Waals surface area (Å²) in [6.45, 7) is 0.955. The van der Waals surface area contributed by atoms with Crippen LogP contribution < -0.4 is 24.2 Å². The Morgan fingerprint density at radius 1 is 0.979 bits per heavy atom. The molecule has 4 heterocycles. The van der Waals surface area contributed by atoms with Crippen LogP contribution in [0.2, 0.25) is 5.02 Å². The molecule has 1 aromatic carbocycles. The summed E-state index contributed by atoms with van der Waals surface area (Å²) in [5.41, 5.74) is 0.646. The van der Waals surface area contributed by atoms with E-state index in [4.69, 9.17) is 30.9 Å². The molecule has 0 bridgehead atoms. The zero-order valence-corrected chi connectivity index (χ0v) is 27.1. The molecule has 0 radical (unpaired) electrons. The smallest absolute Gasteiger partial charge is 0.341 e. The quantitative estimate of drug-likeness (QED) is 0.190. The van der Waals surface area contributed by atoms with Crippen molar-refractivity contribution in [1.29, 1.82) is 0 Å². The van der Waals surface area contributed by atoms with Gasteiger partial charge in [-0.1, -0.05) is 24.6 Å². The average Bonchev–Trinajstić information content (AvgIpc) is 3.46. The summed E-state index contributed by atoms with van der Waals surface area (Å²) in [6, 6.07) is 11.4. The van der Waals surface area contributed by atoms with Gasteiger partial charge in [0.1, 0.15) is 16.9 Å². The van der Waals surface area contributed by atoms with E-state index in [0.29, 0.717) is 16.3 Å². The number of sulfone groups is 1. The third-order valence-electron chi connectivity index (χ3n) is 5.97. The highest BCUT2D eigenvalue weighted by Gasteiger charge is 2.33. The van der Waals surface area contributed by atoms with E-state index in [1.54, 1.807) is 41.3 Å². The van der Waals surface area contributed by atoms with E-state index in [-0.39, 0.29) is 29.1 Å².